The van der Waals surface area contributed by atoms with Crippen LogP contribution in [-0.2, 0) is 9.53 Å². The molecular formula is C23H19N5O3. The van der Waals surface area contributed by atoms with E-state index in [0.717, 1.165) is 51.7 Å². The topological polar surface area (TPSA) is 103 Å². The fourth-order valence-corrected chi connectivity index (χ4v) is 3.77. The van der Waals surface area contributed by atoms with Gasteiger partial charge < -0.3 is 14.5 Å². The van der Waals surface area contributed by atoms with Crippen LogP contribution in [0.3, 0.4) is 0 Å². The molecule has 1 aliphatic heterocycles. The van der Waals surface area contributed by atoms with Crippen molar-refractivity contribution in [1.82, 2.24) is 19.9 Å². The minimum atomic E-state index is 0.0184. The third-order valence-electron chi connectivity index (χ3n) is 5.71. The molecule has 0 radical (unpaired) electrons. The van der Waals surface area contributed by atoms with Crippen LogP contribution in [0.2, 0.25) is 0 Å². The summed E-state index contributed by atoms with van der Waals surface area (Å²) in [5.41, 5.74) is 4.80. The largest absolute Gasteiger partial charge is 0.434 e. The van der Waals surface area contributed by atoms with E-state index in [9.17, 15) is 4.79 Å². The van der Waals surface area contributed by atoms with E-state index in [0.29, 0.717) is 30.5 Å². The number of carbonyl (C=O) groups is 1. The Morgan fingerprint density at radius 2 is 2.00 bits per heavy atom. The summed E-state index contributed by atoms with van der Waals surface area (Å²) < 4.78 is 11.4. The minimum absolute atomic E-state index is 0.0184. The molecule has 0 saturated heterocycles. The maximum absolute atomic E-state index is 12.2. The molecule has 1 N–H and O–H groups in total. The van der Waals surface area contributed by atoms with Crippen LogP contribution in [-0.4, -0.2) is 39.1 Å². The number of pyridine rings is 3. The summed E-state index contributed by atoms with van der Waals surface area (Å²) in [7, 11) is 0. The zero-order chi connectivity index (χ0) is 20.9. The molecule has 2 aliphatic rings. The molecule has 0 spiro atoms. The van der Waals surface area contributed by atoms with Gasteiger partial charge in [0.2, 0.25) is 11.8 Å². The number of carbonyl (C=O) groups excluding carboxylic acids is 1. The first-order valence-corrected chi connectivity index (χ1v) is 10.3. The van der Waals surface area contributed by atoms with Crippen molar-refractivity contribution in [3.05, 3.63) is 48.2 Å². The standard InChI is InChI=1S/C23H19N5O3/c1-12-16-8-26-21(28-22(29)13-2-3-13)6-15(16)17(9-24-12)23-27-19-7-18(14-4-5-30-11-14)25-10-20(19)31-23/h4,6-10,13H,2-3,5,11H2,1H3,(H,26,28,29). The highest BCUT2D eigenvalue weighted by Crippen LogP contribution is 2.34. The van der Waals surface area contributed by atoms with E-state index in [1.54, 1.807) is 18.6 Å². The van der Waals surface area contributed by atoms with E-state index in [1.165, 1.54) is 0 Å². The Balaban J connectivity index is 1.44. The molecule has 1 amide bonds. The second-order valence-electron chi connectivity index (χ2n) is 7.94. The van der Waals surface area contributed by atoms with Gasteiger partial charge in [-0.15, -0.1) is 0 Å². The number of hydrogen-bond acceptors (Lipinski definition) is 7. The van der Waals surface area contributed by atoms with Gasteiger partial charge in [-0.2, -0.15) is 0 Å². The fourth-order valence-electron chi connectivity index (χ4n) is 3.77. The molecule has 8 heteroatoms. The maximum atomic E-state index is 12.2. The summed E-state index contributed by atoms with van der Waals surface area (Å²) in [6, 6.07) is 3.77. The third-order valence-corrected chi connectivity index (χ3v) is 5.71. The van der Waals surface area contributed by atoms with Crippen LogP contribution in [0, 0.1) is 12.8 Å². The lowest BCUT2D eigenvalue weighted by Gasteiger charge is -2.08. The van der Waals surface area contributed by atoms with Gasteiger partial charge in [-0.3, -0.25) is 14.8 Å². The van der Waals surface area contributed by atoms with Crippen LogP contribution in [0.1, 0.15) is 24.2 Å². The Hall–Kier alpha value is -3.65. The molecule has 1 fully saturated rings. The summed E-state index contributed by atoms with van der Waals surface area (Å²) in [5.74, 6) is 1.10. The summed E-state index contributed by atoms with van der Waals surface area (Å²) in [6.45, 7) is 3.09. The van der Waals surface area contributed by atoms with E-state index >= 15 is 0 Å². The van der Waals surface area contributed by atoms with Gasteiger partial charge in [-0.05, 0) is 31.9 Å². The predicted octanol–water partition coefficient (Wildman–Crippen LogP) is 3.90. The van der Waals surface area contributed by atoms with E-state index in [2.05, 4.69) is 20.3 Å². The molecule has 8 nitrogen and oxygen atoms in total. The van der Waals surface area contributed by atoms with Crippen LogP contribution < -0.4 is 5.32 Å². The number of hydrogen-bond donors (Lipinski definition) is 1. The number of fused-ring (bicyclic) bond motifs is 2. The van der Waals surface area contributed by atoms with E-state index in [1.807, 2.05) is 25.1 Å². The molecule has 5 heterocycles. The van der Waals surface area contributed by atoms with Crippen LogP contribution in [0.5, 0.6) is 0 Å². The molecule has 0 bridgehead atoms. The Labute approximate surface area is 177 Å². The van der Waals surface area contributed by atoms with Crippen molar-refractivity contribution in [3.8, 4) is 11.5 Å². The number of nitrogens with one attached hydrogen (secondary N) is 1. The van der Waals surface area contributed by atoms with Crippen molar-refractivity contribution in [3.63, 3.8) is 0 Å². The smallest absolute Gasteiger partial charge is 0.229 e. The highest BCUT2D eigenvalue weighted by Gasteiger charge is 2.30. The van der Waals surface area contributed by atoms with Gasteiger partial charge in [-0.1, -0.05) is 6.08 Å². The molecule has 0 unspecified atom stereocenters. The van der Waals surface area contributed by atoms with Gasteiger partial charge in [-0.25, -0.2) is 9.97 Å². The first-order chi connectivity index (χ1) is 15.2. The molecule has 0 atom stereocenters. The lowest BCUT2D eigenvalue weighted by atomic mass is 10.1. The Bertz CT molecular complexity index is 1390. The molecule has 31 heavy (non-hydrogen) atoms. The number of rotatable bonds is 4. The van der Waals surface area contributed by atoms with Gasteiger partial charge in [0.15, 0.2) is 5.58 Å². The lowest BCUT2D eigenvalue weighted by Crippen LogP contribution is -2.14. The quantitative estimate of drug-likeness (QED) is 0.541. The summed E-state index contributed by atoms with van der Waals surface area (Å²) in [4.78, 5) is 30.3. The number of ether oxygens (including phenoxy) is 1. The average molecular weight is 413 g/mol. The predicted molar refractivity (Wildman–Crippen MR) is 115 cm³/mol. The van der Waals surface area contributed by atoms with Gasteiger partial charge in [0, 0.05) is 40.4 Å². The van der Waals surface area contributed by atoms with E-state index in [-0.39, 0.29) is 11.8 Å². The van der Waals surface area contributed by atoms with Crippen molar-refractivity contribution in [2.24, 2.45) is 5.92 Å². The Morgan fingerprint density at radius 3 is 2.81 bits per heavy atom. The van der Waals surface area contributed by atoms with E-state index < -0.39 is 0 Å². The van der Waals surface area contributed by atoms with Crippen molar-refractivity contribution in [2.75, 3.05) is 18.5 Å². The summed E-state index contributed by atoms with van der Waals surface area (Å²) in [5, 5.41) is 4.67. The zero-order valence-corrected chi connectivity index (χ0v) is 16.9. The Kier molecular flexibility index (Phi) is 4.07. The zero-order valence-electron chi connectivity index (χ0n) is 16.9. The average Bonchev–Trinajstić information content (AvgIpc) is 3.32. The monoisotopic (exact) mass is 413 g/mol. The number of aromatic nitrogens is 4. The molecule has 0 aromatic carbocycles. The van der Waals surface area contributed by atoms with Crippen LogP contribution in [0.25, 0.3) is 38.9 Å². The maximum Gasteiger partial charge on any atom is 0.229 e. The van der Waals surface area contributed by atoms with E-state index in [4.69, 9.17) is 14.1 Å². The SMILES string of the molecule is Cc1ncc(-c2nc3cc(C4=CCOC4)ncc3o2)c2cc(NC(=O)C3CC3)ncc12. The van der Waals surface area contributed by atoms with Gasteiger partial charge in [0.1, 0.15) is 11.3 Å². The molecule has 4 aromatic rings. The summed E-state index contributed by atoms with van der Waals surface area (Å²) in [6.07, 6.45) is 9.07. The first kappa shape index (κ1) is 18.1. The second kappa shape index (κ2) is 6.95. The second-order valence-corrected chi connectivity index (χ2v) is 7.94. The minimum Gasteiger partial charge on any atom is -0.434 e. The lowest BCUT2D eigenvalue weighted by molar-refractivity contribution is -0.117. The molecule has 1 aliphatic carbocycles. The molecule has 1 saturated carbocycles. The third kappa shape index (κ3) is 3.25. The van der Waals surface area contributed by atoms with Gasteiger partial charge in [0.05, 0.1) is 30.7 Å². The fraction of sp³-hybridized carbons (Fsp3) is 0.261. The highest BCUT2D eigenvalue weighted by molar-refractivity contribution is 6.00. The number of amides is 1. The normalized spacial score (nSPS) is 16.1. The van der Waals surface area contributed by atoms with Gasteiger partial charge in [0.25, 0.3) is 0 Å². The van der Waals surface area contributed by atoms with Crippen molar-refractivity contribution in [1.29, 1.82) is 0 Å². The van der Waals surface area contributed by atoms with Crippen LogP contribution in [0.15, 0.2) is 41.2 Å². The van der Waals surface area contributed by atoms with Crippen LogP contribution in [0.4, 0.5) is 5.82 Å². The van der Waals surface area contributed by atoms with Gasteiger partial charge >= 0.3 is 0 Å². The van der Waals surface area contributed by atoms with Crippen molar-refractivity contribution >= 4 is 39.2 Å². The van der Waals surface area contributed by atoms with Crippen LogP contribution >= 0.6 is 0 Å². The highest BCUT2D eigenvalue weighted by atomic mass is 16.5. The summed E-state index contributed by atoms with van der Waals surface area (Å²) >= 11 is 0. The molecule has 154 valence electrons. The number of nitrogens with zero attached hydrogens (tertiary/aromatic N) is 4. The Morgan fingerprint density at radius 1 is 1.10 bits per heavy atom. The number of oxazole rings is 1. The molecule has 6 rings (SSSR count). The van der Waals surface area contributed by atoms with Crippen molar-refractivity contribution < 1.29 is 13.9 Å². The van der Waals surface area contributed by atoms with Crippen molar-refractivity contribution in [2.45, 2.75) is 19.8 Å². The molecule has 4 aromatic heterocycles. The first-order valence-electron chi connectivity index (χ1n) is 10.3. The number of aryl methyl sites for hydroxylation is 1. The number of anilines is 1. The molecular weight excluding hydrogens is 394 g/mol.